The Labute approximate surface area is 204 Å². The fraction of sp³-hybridized carbons (Fsp3) is 0.581. The molecule has 0 saturated heterocycles. The molecule has 0 spiro atoms. The van der Waals surface area contributed by atoms with Gasteiger partial charge < -0.3 is 10.2 Å². The number of allylic oxidation sites excluding steroid dienone is 5. The highest BCUT2D eigenvalue weighted by Gasteiger charge is 2.62. The lowest BCUT2D eigenvalue weighted by Gasteiger charge is -2.54. The molecule has 2 fully saturated rings. The summed E-state index contributed by atoms with van der Waals surface area (Å²) in [7, 11) is 0. The second-order valence-electron chi connectivity index (χ2n) is 11.5. The predicted molar refractivity (Wildman–Crippen MR) is 137 cm³/mol. The molecule has 1 unspecified atom stereocenters. The van der Waals surface area contributed by atoms with Gasteiger partial charge in [0.1, 0.15) is 0 Å². The van der Waals surface area contributed by atoms with Crippen molar-refractivity contribution in [2.75, 3.05) is 6.61 Å². The Bertz CT molecular complexity index is 1040. The standard InChI is InChI=1S/C31H40O3/c1-4-30-15-13-27-26-12-10-25(33)17-23(26)9-11-28(27)29(30)14-16-31(30,34)18-24(19-32)22-7-5-21(6-8-22)20(2)3/h5-8,17,24,28-29,32,34H,2,4,9-16,18-19H2,1,3H3/t24?,28-,29+,30+,31-/m1/s1. The van der Waals surface area contributed by atoms with Crippen molar-refractivity contribution in [3.8, 4) is 0 Å². The first-order chi connectivity index (χ1) is 16.3. The Morgan fingerprint density at radius 1 is 1.12 bits per heavy atom. The molecule has 5 rings (SSSR count). The molecule has 0 radical (unpaired) electrons. The van der Waals surface area contributed by atoms with Crippen LogP contribution in [0.1, 0.15) is 95.1 Å². The molecule has 5 atom stereocenters. The maximum atomic E-state index is 12.3. The van der Waals surface area contributed by atoms with E-state index in [1.54, 1.807) is 5.57 Å². The van der Waals surface area contributed by atoms with Crippen molar-refractivity contribution in [2.24, 2.45) is 17.3 Å². The van der Waals surface area contributed by atoms with Gasteiger partial charge in [0.05, 0.1) is 12.2 Å². The van der Waals surface area contributed by atoms with Gasteiger partial charge in [-0.2, -0.15) is 0 Å². The van der Waals surface area contributed by atoms with Gasteiger partial charge in [0.15, 0.2) is 5.78 Å². The zero-order valence-electron chi connectivity index (χ0n) is 20.9. The monoisotopic (exact) mass is 460 g/mol. The molecule has 3 nitrogen and oxygen atoms in total. The molecule has 0 heterocycles. The van der Waals surface area contributed by atoms with Crippen LogP contribution in [-0.4, -0.2) is 28.2 Å². The highest BCUT2D eigenvalue weighted by molar-refractivity contribution is 5.93. The molecule has 3 heteroatoms. The third kappa shape index (κ3) is 3.67. The molecule has 0 aromatic heterocycles. The molecule has 4 aliphatic carbocycles. The lowest BCUT2D eigenvalue weighted by molar-refractivity contribution is -0.115. The second kappa shape index (κ2) is 8.91. The Morgan fingerprint density at radius 2 is 1.88 bits per heavy atom. The first kappa shape index (κ1) is 23.8. The summed E-state index contributed by atoms with van der Waals surface area (Å²) in [5.74, 6) is 1.28. The third-order valence-corrected chi connectivity index (χ3v) is 10.0. The van der Waals surface area contributed by atoms with Crippen LogP contribution in [0, 0.1) is 17.3 Å². The van der Waals surface area contributed by atoms with Gasteiger partial charge in [0.25, 0.3) is 0 Å². The number of fused-ring (bicyclic) bond motifs is 4. The minimum Gasteiger partial charge on any atom is -0.396 e. The summed E-state index contributed by atoms with van der Waals surface area (Å²) in [6.45, 7) is 8.36. The minimum absolute atomic E-state index is 0.0557. The van der Waals surface area contributed by atoms with E-state index in [0.717, 1.165) is 68.1 Å². The van der Waals surface area contributed by atoms with E-state index in [9.17, 15) is 15.0 Å². The zero-order valence-corrected chi connectivity index (χ0v) is 20.9. The summed E-state index contributed by atoms with van der Waals surface area (Å²) in [6, 6.07) is 8.36. The van der Waals surface area contributed by atoms with Crippen LogP contribution in [-0.2, 0) is 4.79 Å². The van der Waals surface area contributed by atoms with E-state index in [0.29, 0.717) is 24.7 Å². The molecule has 4 aliphatic rings. The number of aliphatic hydroxyl groups is 2. The summed E-state index contributed by atoms with van der Waals surface area (Å²) < 4.78 is 0. The van der Waals surface area contributed by atoms with Crippen LogP contribution in [0.4, 0.5) is 0 Å². The van der Waals surface area contributed by atoms with Crippen LogP contribution in [0.5, 0.6) is 0 Å². The number of aliphatic hydroxyl groups excluding tert-OH is 1. The fourth-order valence-corrected chi connectivity index (χ4v) is 8.28. The Hall–Kier alpha value is -1.97. The van der Waals surface area contributed by atoms with Gasteiger partial charge in [-0.05, 0) is 105 Å². The van der Waals surface area contributed by atoms with Crippen molar-refractivity contribution < 1.29 is 15.0 Å². The van der Waals surface area contributed by atoms with E-state index >= 15 is 0 Å². The molecule has 0 aliphatic heterocycles. The average molecular weight is 461 g/mol. The molecule has 1 aromatic carbocycles. The number of hydrogen-bond acceptors (Lipinski definition) is 3. The van der Waals surface area contributed by atoms with Crippen LogP contribution in [0.3, 0.4) is 0 Å². The molecule has 34 heavy (non-hydrogen) atoms. The van der Waals surface area contributed by atoms with Crippen molar-refractivity contribution >= 4 is 11.4 Å². The van der Waals surface area contributed by atoms with Crippen molar-refractivity contribution in [1.29, 1.82) is 0 Å². The van der Waals surface area contributed by atoms with Gasteiger partial charge in [-0.25, -0.2) is 0 Å². The van der Waals surface area contributed by atoms with Crippen molar-refractivity contribution in [3.63, 3.8) is 0 Å². The topological polar surface area (TPSA) is 57.5 Å². The van der Waals surface area contributed by atoms with E-state index in [2.05, 4.69) is 37.8 Å². The fourth-order valence-electron chi connectivity index (χ4n) is 8.28. The maximum Gasteiger partial charge on any atom is 0.156 e. The number of carbonyl (C=O) groups excluding carboxylic acids is 1. The molecule has 0 amide bonds. The lowest BCUT2D eigenvalue weighted by Crippen LogP contribution is -2.52. The molecule has 182 valence electrons. The van der Waals surface area contributed by atoms with Crippen LogP contribution < -0.4 is 0 Å². The molecular formula is C31H40O3. The van der Waals surface area contributed by atoms with Gasteiger partial charge in [0, 0.05) is 17.8 Å². The van der Waals surface area contributed by atoms with E-state index in [1.807, 2.05) is 13.0 Å². The van der Waals surface area contributed by atoms with Gasteiger partial charge in [-0.15, -0.1) is 0 Å². The average Bonchev–Trinajstić information content (AvgIpc) is 3.15. The van der Waals surface area contributed by atoms with Gasteiger partial charge in [0.2, 0.25) is 0 Å². The quantitative estimate of drug-likeness (QED) is 0.508. The molecule has 0 bridgehead atoms. The van der Waals surface area contributed by atoms with E-state index in [4.69, 9.17) is 0 Å². The Kier molecular flexibility index (Phi) is 6.23. The summed E-state index contributed by atoms with van der Waals surface area (Å²) in [6.07, 6.45) is 11.2. The smallest absolute Gasteiger partial charge is 0.156 e. The number of ketones is 1. The summed E-state index contributed by atoms with van der Waals surface area (Å²) in [5, 5.41) is 22.7. The number of carbonyl (C=O) groups is 1. The van der Waals surface area contributed by atoms with Crippen molar-refractivity contribution in [3.05, 3.63) is 64.8 Å². The van der Waals surface area contributed by atoms with Gasteiger partial charge >= 0.3 is 0 Å². The number of hydrogen-bond donors (Lipinski definition) is 2. The molecule has 2 saturated carbocycles. The van der Waals surface area contributed by atoms with E-state index in [1.165, 1.54) is 11.1 Å². The maximum absolute atomic E-state index is 12.3. The highest BCUT2D eigenvalue weighted by Crippen LogP contribution is 2.66. The SMILES string of the molecule is C=C(C)c1ccc(C(CO)C[C@]2(O)CC[C@H]3[C@@H]4CCC5=CC(=O)CCC5=C4CC[C@@]32CC)cc1. The number of benzene rings is 1. The first-order valence-electron chi connectivity index (χ1n) is 13.4. The van der Waals surface area contributed by atoms with Crippen molar-refractivity contribution in [2.45, 2.75) is 89.6 Å². The van der Waals surface area contributed by atoms with Crippen LogP contribution >= 0.6 is 0 Å². The largest absolute Gasteiger partial charge is 0.396 e. The van der Waals surface area contributed by atoms with Gasteiger partial charge in [-0.1, -0.05) is 48.9 Å². The molecule has 2 N–H and O–H groups in total. The zero-order chi connectivity index (χ0) is 24.1. The summed E-state index contributed by atoms with van der Waals surface area (Å²) in [5.41, 5.74) is 6.83. The third-order valence-electron chi connectivity index (χ3n) is 10.0. The first-order valence-corrected chi connectivity index (χ1v) is 13.4. The molecule has 1 aromatic rings. The van der Waals surface area contributed by atoms with Crippen molar-refractivity contribution in [1.82, 2.24) is 0 Å². The Morgan fingerprint density at radius 3 is 2.56 bits per heavy atom. The highest BCUT2D eigenvalue weighted by atomic mass is 16.3. The minimum atomic E-state index is -0.748. The number of rotatable bonds is 6. The van der Waals surface area contributed by atoms with E-state index < -0.39 is 5.60 Å². The van der Waals surface area contributed by atoms with E-state index in [-0.39, 0.29) is 23.7 Å². The second-order valence-corrected chi connectivity index (χ2v) is 11.5. The molecular weight excluding hydrogens is 420 g/mol. The summed E-state index contributed by atoms with van der Waals surface area (Å²) in [4.78, 5) is 12.0. The van der Waals surface area contributed by atoms with Gasteiger partial charge in [-0.3, -0.25) is 4.79 Å². The van der Waals surface area contributed by atoms with Crippen LogP contribution in [0.2, 0.25) is 0 Å². The lowest BCUT2D eigenvalue weighted by atomic mass is 9.52. The summed E-state index contributed by atoms with van der Waals surface area (Å²) >= 11 is 0. The van der Waals surface area contributed by atoms with Crippen LogP contribution in [0.25, 0.3) is 5.57 Å². The normalized spacial score (nSPS) is 33.6. The predicted octanol–water partition coefficient (Wildman–Crippen LogP) is 6.51. The Balaban J connectivity index is 1.43. The van der Waals surface area contributed by atoms with Crippen LogP contribution in [0.15, 0.2) is 53.6 Å².